The lowest BCUT2D eigenvalue weighted by Gasteiger charge is -2.06. The number of halogens is 2. The molecule has 0 saturated carbocycles. The molecule has 0 radical (unpaired) electrons. The molecule has 0 unspecified atom stereocenters. The number of alkyl halides is 1. The van der Waals surface area contributed by atoms with E-state index < -0.39 is 0 Å². The van der Waals surface area contributed by atoms with Gasteiger partial charge in [-0.15, -0.1) is 11.6 Å². The van der Waals surface area contributed by atoms with Gasteiger partial charge < -0.3 is 15.2 Å². The van der Waals surface area contributed by atoms with Crippen LogP contribution in [0.25, 0.3) is 0 Å². The first-order chi connectivity index (χ1) is 8.65. The van der Waals surface area contributed by atoms with E-state index in [-0.39, 0.29) is 11.7 Å². The van der Waals surface area contributed by atoms with E-state index in [4.69, 9.17) is 16.3 Å². The smallest absolute Gasteiger partial charge is 0.251 e. The van der Waals surface area contributed by atoms with E-state index in [1.165, 1.54) is 6.07 Å². The van der Waals surface area contributed by atoms with Gasteiger partial charge in [0.15, 0.2) is 0 Å². The number of carbonyl (C=O) groups is 1. The van der Waals surface area contributed by atoms with E-state index in [1.54, 1.807) is 12.1 Å². The van der Waals surface area contributed by atoms with Crippen LogP contribution < -0.4 is 5.32 Å². The van der Waals surface area contributed by atoms with Crippen molar-refractivity contribution < 1.29 is 14.6 Å². The van der Waals surface area contributed by atoms with Crippen molar-refractivity contribution in [1.29, 1.82) is 0 Å². The SMILES string of the molecule is O=C(NCCCOCCCl)c1ccc(Br)c(O)c1. The number of rotatable bonds is 7. The maximum Gasteiger partial charge on any atom is 0.251 e. The molecule has 2 N–H and O–H groups in total. The summed E-state index contributed by atoms with van der Waals surface area (Å²) in [4.78, 5) is 11.7. The van der Waals surface area contributed by atoms with E-state index in [0.717, 1.165) is 6.42 Å². The van der Waals surface area contributed by atoms with Crippen molar-refractivity contribution in [2.75, 3.05) is 25.6 Å². The number of carbonyl (C=O) groups excluding carboxylic acids is 1. The molecule has 100 valence electrons. The number of amides is 1. The van der Waals surface area contributed by atoms with Crippen LogP contribution >= 0.6 is 27.5 Å². The molecule has 4 nitrogen and oxygen atoms in total. The molecule has 1 aromatic rings. The highest BCUT2D eigenvalue weighted by Crippen LogP contribution is 2.24. The Bertz CT molecular complexity index is 401. The largest absolute Gasteiger partial charge is 0.507 e. The van der Waals surface area contributed by atoms with Gasteiger partial charge in [-0.2, -0.15) is 0 Å². The first-order valence-electron chi connectivity index (χ1n) is 5.55. The Morgan fingerprint density at radius 3 is 2.89 bits per heavy atom. The lowest BCUT2D eigenvalue weighted by atomic mass is 10.2. The summed E-state index contributed by atoms with van der Waals surface area (Å²) in [6.07, 6.45) is 0.727. The Morgan fingerprint density at radius 2 is 2.22 bits per heavy atom. The van der Waals surface area contributed by atoms with Crippen molar-refractivity contribution >= 4 is 33.4 Å². The number of aromatic hydroxyl groups is 1. The zero-order valence-corrected chi connectivity index (χ0v) is 12.1. The van der Waals surface area contributed by atoms with Gasteiger partial charge in [-0.25, -0.2) is 0 Å². The normalized spacial score (nSPS) is 10.3. The van der Waals surface area contributed by atoms with E-state index in [0.29, 0.717) is 35.7 Å². The summed E-state index contributed by atoms with van der Waals surface area (Å²) in [5.74, 6) is 0.313. The predicted molar refractivity (Wildman–Crippen MR) is 74.3 cm³/mol. The first kappa shape index (κ1) is 15.3. The molecule has 0 saturated heterocycles. The summed E-state index contributed by atoms with van der Waals surface area (Å²) in [5.41, 5.74) is 0.428. The summed E-state index contributed by atoms with van der Waals surface area (Å²) in [6, 6.07) is 4.69. The molecule has 0 aliphatic rings. The van der Waals surface area contributed by atoms with Gasteiger partial charge >= 0.3 is 0 Å². The maximum absolute atomic E-state index is 11.7. The monoisotopic (exact) mass is 335 g/mol. The molecule has 6 heteroatoms. The molecule has 0 aromatic heterocycles. The molecule has 0 atom stereocenters. The predicted octanol–water partition coefficient (Wildman–Crippen LogP) is 2.53. The van der Waals surface area contributed by atoms with E-state index in [9.17, 15) is 9.90 Å². The minimum Gasteiger partial charge on any atom is -0.507 e. The van der Waals surface area contributed by atoms with Crippen LogP contribution in [0.5, 0.6) is 5.75 Å². The highest BCUT2D eigenvalue weighted by Gasteiger charge is 2.07. The summed E-state index contributed by atoms with van der Waals surface area (Å²) in [5, 5.41) is 12.2. The van der Waals surface area contributed by atoms with Gasteiger partial charge in [0.05, 0.1) is 11.1 Å². The van der Waals surface area contributed by atoms with E-state index in [2.05, 4.69) is 21.2 Å². The van der Waals surface area contributed by atoms with Gasteiger partial charge in [0.25, 0.3) is 5.91 Å². The van der Waals surface area contributed by atoms with Crippen molar-refractivity contribution in [3.05, 3.63) is 28.2 Å². The van der Waals surface area contributed by atoms with E-state index >= 15 is 0 Å². The Kier molecular flexibility index (Phi) is 7.08. The van der Waals surface area contributed by atoms with E-state index in [1.807, 2.05) is 0 Å². The number of nitrogens with one attached hydrogen (secondary N) is 1. The summed E-state index contributed by atoms with van der Waals surface area (Å²) < 4.78 is 5.74. The highest BCUT2D eigenvalue weighted by molar-refractivity contribution is 9.10. The summed E-state index contributed by atoms with van der Waals surface area (Å²) >= 11 is 8.61. The Hall–Kier alpha value is -0.780. The maximum atomic E-state index is 11.7. The van der Waals surface area contributed by atoms with Crippen LogP contribution in [0, 0.1) is 0 Å². The standard InChI is InChI=1S/C12H15BrClNO3/c13-10-3-2-9(8-11(10)16)12(17)15-5-1-6-18-7-4-14/h2-3,8,16H,1,4-7H2,(H,15,17). The van der Waals surface area contributed by atoms with Crippen molar-refractivity contribution in [2.45, 2.75) is 6.42 Å². The number of phenolic OH excluding ortho intramolecular Hbond substituents is 1. The second-order valence-corrected chi connectivity index (χ2v) is 4.81. The zero-order chi connectivity index (χ0) is 13.4. The summed E-state index contributed by atoms with van der Waals surface area (Å²) in [7, 11) is 0. The van der Waals surface area contributed by atoms with Gasteiger partial charge in [0, 0.05) is 24.6 Å². The van der Waals surface area contributed by atoms with Crippen molar-refractivity contribution in [3.63, 3.8) is 0 Å². The number of benzene rings is 1. The number of ether oxygens (including phenoxy) is 1. The Balaban J connectivity index is 2.30. The molecule has 1 amide bonds. The minimum absolute atomic E-state index is 0.0492. The topological polar surface area (TPSA) is 58.6 Å². The Morgan fingerprint density at radius 1 is 1.44 bits per heavy atom. The van der Waals surface area contributed by atoms with Gasteiger partial charge in [-0.3, -0.25) is 4.79 Å². The molecule has 1 rings (SSSR count). The molecule has 0 heterocycles. The fourth-order valence-corrected chi connectivity index (χ4v) is 1.64. The average molecular weight is 337 g/mol. The molecule has 18 heavy (non-hydrogen) atoms. The number of hydrogen-bond acceptors (Lipinski definition) is 3. The molecule has 0 bridgehead atoms. The van der Waals surface area contributed by atoms with Crippen molar-refractivity contribution in [1.82, 2.24) is 5.32 Å². The highest BCUT2D eigenvalue weighted by atomic mass is 79.9. The van der Waals surface area contributed by atoms with Crippen molar-refractivity contribution in [2.24, 2.45) is 0 Å². The molecular weight excluding hydrogens is 321 g/mol. The second-order valence-electron chi connectivity index (χ2n) is 3.58. The van der Waals surface area contributed by atoms with Crippen LogP contribution in [0.4, 0.5) is 0 Å². The molecule has 0 aliphatic carbocycles. The zero-order valence-electron chi connectivity index (χ0n) is 9.79. The number of hydrogen-bond donors (Lipinski definition) is 2. The molecular formula is C12H15BrClNO3. The third-order valence-corrected chi connectivity index (χ3v) is 3.01. The first-order valence-corrected chi connectivity index (χ1v) is 6.88. The summed E-state index contributed by atoms with van der Waals surface area (Å²) in [6.45, 7) is 1.62. The number of phenols is 1. The van der Waals surface area contributed by atoms with Gasteiger partial charge in [-0.05, 0) is 40.5 Å². The molecule has 1 aromatic carbocycles. The van der Waals surface area contributed by atoms with Crippen LogP contribution in [0.15, 0.2) is 22.7 Å². The third-order valence-electron chi connectivity index (χ3n) is 2.18. The third kappa shape index (κ3) is 5.25. The average Bonchev–Trinajstić information content (AvgIpc) is 2.36. The van der Waals surface area contributed by atoms with Crippen molar-refractivity contribution in [3.8, 4) is 5.75 Å². The van der Waals surface area contributed by atoms with Crippen LogP contribution in [-0.2, 0) is 4.74 Å². The van der Waals surface area contributed by atoms with Gasteiger partial charge in [-0.1, -0.05) is 0 Å². The van der Waals surface area contributed by atoms with Crippen LogP contribution in [-0.4, -0.2) is 36.7 Å². The lowest BCUT2D eigenvalue weighted by Crippen LogP contribution is -2.25. The van der Waals surface area contributed by atoms with Crippen LogP contribution in [0.3, 0.4) is 0 Å². The Labute approximate surface area is 119 Å². The molecule has 0 aliphatic heterocycles. The molecule has 0 fully saturated rings. The fraction of sp³-hybridized carbons (Fsp3) is 0.417. The fourth-order valence-electron chi connectivity index (χ4n) is 1.29. The molecule has 0 spiro atoms. The van der Waals surface area contributed by atoms with Gasteiger partial charge in [0.1, 0.15) is 5.75 Å². The second kappa shape index (κ2) is 8.34. The van der Waals surface area contributed by atoms with Crippen LogP contribution in [0.2, 0.25) is 0 Å². The quantitative estimate of drug-likeness (QED) is 0.594. The van der Waals surface area contributed by atoms with Gasteiger partial charge in [0.2, 0.25) is 0 Å². The minimum atomic E-state index is -0.213. The van der Waals surface area contributed by atoms with Crippen LogP contribution in [0.1, 0.15) is 16.8 Å². The lowest BCUT2D eigenvalue weighted by molar-refractivity contribution is 0.0944.